The summed E-state index contributed by atoms with van der Waals surface area (Å²) in [6.07, 6.45) is -11.8. The number of fused-ring (bicyclic) bond motifs is 1. The van der Waals surface area contributed by atoms with Crippen molar-refractivity contribution in [2.24, 2.45) is 0 Å². The summed E-state index contributed by atoms with van der Waals surface area (Å²) in [5.41, 5.74) is -8.46. The molecule has 0 spiro atoms. The van der Waals surface area contributed by atoms with Crippen LogP contribution in [0.4, 0.5) is 26.3 Å². The highest BCUT2D eigenvalue weighted by Gasteiger charge is 2.79. The Morgan fingerprint density at radius 3 is 2.16 bits per heavy atom. The van der Waals surface area contributed by atoms with Gasteiger partial charge in [0.2, 0.25) is 11.8 Å². The quantitative estimate of drug-likeness (QED) is 0.450. The van der Waals surface area contributed by atoms with Crippen molar-refractivity contribution >= 4 is 38.8 Å². The average Bonchev–Trinajstić information content (AvgIpc) is 2.90. The fourth-order valence-electron chi connectivity index (χ4n) is 5.42. The van der Waals surface area contributed by atoms with Gasteiger partial charge < -0.3 is 15.3 Å². The van der Waals surface area contributed by atoms with Gasteiger partial charge in [0.1, 0.15) is 11.6 Å². The van der Waals surface area contributed by atoms with Crippen LogP contribution in [0.5, 0.6) is 0 Å². The number of allylic oxidation sites excluding steroid dienone is 2. The minimum atomic E-state index is -6.36. The van der Waals surface area contributed by atoms with Gasteiger partial charge in [-0.1, -0.05) is 60.2 Å². The highest BCUT2D eigenvalue weighted by atomic mass is 35.5. The van der Waals surface area contributed by atoms with Gasteiger partial charge >= 0.3 is 12.4 Å². The smallest absolute Gasteiger partial charge is 0.372 e. The molecule has 0 saturated heterocycles. The lowest BCUT2D eigenvalue weighted by Gasteiger charge is -2.49. The Bertz CT molecular complexity index is 1610. The number of rotatable bonds is 5. The summed E-state index contributed by atoms with van der Waals surface area (Å²) in [5, 5.41) is 11.9. The van der Waals surface area contributed by atoms with Crippen molar-refractivity contribution < 1.29 is 49.5 Å². The van der Waals surface area contributed by atoms with E-state index in [4.69, 9.17) is 11.6 Å². The lowest BCUT2D eigenvalue weighted by atomic mass is 9.72. The lowest BCUT2D eigenvalue weighted by molar-refractivity contribution is -0.385. The zero-order valence-corrected chi connectivity index (χ0v) is 24.1. The Kier molecular flexibility index (Phi) is 8.31. The normalized spacial score (nSPS) is 21.4. The van der Waals surface area contributed by atoms with Gasteiger partial charge in [0.25, 0.3) is 5.60 Å². The first-order valence-electron chi connectivity index (χ1n) is 12.6. The lowest BCUT2D eigenvalue weighted by Crippen LogP contribution is -2.76. The molecule has 2 aromatic rings. The van der Waals surface area contributed by atoms with Crippen LogP contribution in [0.3, 0.4) is 0 Å². The summed E-state index contributed by atoms with van der Waals surface area (Å²) in [4.78, 5) is 27.1. The van der Waals surface area contributed by atoms with Gasteiger partial charge in [-0.2, -0.15) is 26.3 Å². The van der Waals surface area contributed by atoms with Crippen LogP contribution in [0.25, 0.3) is 5.57 Å². The minimum absolute atomic E-state index is 0.00420. The van der Waals surface area contributed by atoms with Crippen molar-refractivity contribution in [3.63, 3.8) is 0 Å². The van der Waals surface area contributed by atoms with E-state index in [2.05, 4.69) is 0 Å². The third-order valence-electron chi connectivity index (χ3n) is 7.58. The molecule has 0 fully saturated rings. The van der Waals surface area contributed by atoms with E-state index in [-0.39, 0.29) is 34.6 Å². The summed E-state index contributed by atoms with van der Waals surface area (Å²) in [6, 6.07) is 9.55. The molecule has 2 amide bonds. The molecule has 2 atom stereocenters. The van der Waals surface area contributed by atoms with Gasteiger partial charge in [-0.3, -0.25) is 9.59 Å². The standard InChI is InChI=1S/C28H25ClF6N2O5S/c1-16(38)37-13-11-18-14-19(43(2,41)42)8-9-21(18)23(37)24(39)36-25(26(40,27(30,31)32)28(33,34)35)12-10-20(22(29)15-25)17-6-4-3-5-7-17/h3-10,12,14,23,40H,11,13,15H2,1-2H3,(H,36,39). The maximum Gasteiger partial charge on any atom is 0.429 e. The number of hydrogen-bond acceptors (Lipinski definition) is 5. The maximum absolute atomic E-state index is 14.3. The van der Waals surface area contributed by atoms with Crippen molar-refractivity contribution in [3.05, 3.63) is 82.4 Å². The SMILES string of the molecule is CC(=O)N1CCc2cc(S(C)(=O)=O)ccc2C1C(=O)NC1(C(O)(C(F)(F)F)C(F)(F)F)C=CC(c2ccccc2)=C(Cl)C1. The molecule has 0 aromatic heterocycles. The van der Waals surface area contributed by atoms with Crippen LogP contribution < -0.4 is 5.32 Å². The number of amides is 2. The average molecular weight is 651 g/mol. The molecular formula is C28H25ClF6N2O5S. The predicted molar refractivity (Wildman–Crippen MR) is 144 cm³/mol. The van der Waals surface area contributed by atoms with Crippen molar-refractivity contribution in [2.75, 3.05) is 12.8 Å². The molecule has 7 nitrogen and oxygen atoms in total. The van der Waals surface area contributed by atoms with E-state index >= 15 is 0 Å². The predicted octanol–water partition coefficient (Wildman–Crippen LogP) is 4.86. The Morgan fingerprint density at radius 1 is 1.05 bits per heavy atom. The van der Waals surface area contributed by atoms with E-state index < -0.39 is 62.6 Å². The van der Waals surface area contributed by atoms with Gasteiger partial charge in [-0.05, 0) is 40.8 Å². The van der Waals surface area contributed by atoms with Crippen LogP contribution in [0.1, 0.15) is 36.1 Å². The van der Waals surface area contributed by atoms with Crippen LogP contribution in [0.15, 0.2) is 70.6 Å². The van der Waals surface area contributed by atoms with E-state index in [1.807, 2.05) is 0 Å². The minimum Gasteiger partial charge on any atom is -0.372 e. The number of nitrogens with one attached hydrogen (secondary N) is 1. The fraction of sp³-hybridized carbons (Fsp3) is 0.357. The van der Waals surface area contributed by atoms with Gasteiger partial charge in [0.15, 0.2) is 9.84 Å². The first-order chi connectivity index (χ1) is 19.7. The van der Waals surface area contributed by atoms with Crippen molar-refractivity contribution in [2.45, 2.75) is 54.2 Å². The second kappa shape index (κ2) is 11.0. The maximum atomic E-state index is 14.3. The number of benzene rings is 2. The molecule has 1 aliphatic heterocycles. The summed E-state index contributed by atoms with van der Waals surface area (Å²) in [6.45, 7) is 0.859. The summed E-state index contributed by atoms with van der Waals surface area (Å²) >= 11 is 6.31. The highest BCUT2D eigenvalue weighted by Crippen LogP contribution is 2.54. The molecule has 2 unspecified atom stereocenters. The van der Waals surface area contributed by atoms with Crippen LogP contribution >= 0.6 is 11.6 Å². The van der Waals surface area contributed by atoms with Crippen LogP contribution in [0.2, 0.25) is 0 Å². The molecular weight excluding hydrogens is 626 g/mol. The van der Waals surface area contributed by atoms with Gasteiger partial charge in [0.05, 0.1) is 4.90 Å². The monoisotopic (exact) mass is 650 g/mol. The van der Waals surface area contributed by atoms with E-state index in [0.717, 1.165) is 30.2 Å². The van der Waals surface area contributed by atoms with E-state index in [0.29, 0.717) is 11.6 Å². The van der Waals surface area contributed by atoms with Crippen LogP contribution in [0, 0.1) is 0 Å². The molecule has 2 aromatic carbocycles. The molecule has 4 rings (SSSR count). The van der Waals surface area contributed by atoms with Gasteiger partial charge in [-0.15, -0.1) is 0 Å². The van der Waals surface area contributed by atoms with E-state index in [9.17, 15) is 49.5 Å². The number of alkyl halides is 6. The number of sulfone groups is 1. The number of aliphatic hydroxyl groups is 1. The van der Waals surface area contributed by atoms with Crippen LogP contribution in [-0.4, -0.2) is 66.5 Å². The molecule has 1 heterocycles. The van der Waals surface area contributed by atoms with Crippen molar-refractivity contribution in [3.8, 4) is 0 Å². The third-order valence-corrected chi connectivity index (χ3v) is 9.03. The number of nitrogens with zero attached hydrogens (tertiary/aromatic N) is 1. The Morgan fingerprint density at radius 2 is 1.65 bits per heavy atom. The van der Waals surface area contributed by atoms with Crippen molar-refractivity contribution in [1.82, 2.24) is 10.2 Å². The van der Waals surface area contributed by atoms with E-state index in [1.54, 1.807) is 23.5 Å². The molecule has 0 saturated carbocycles. The fourth-order valence-corrected chi connectivity index (χ4v) is 6.48. The van der Waals surface area contributed by atoms with Gasteiger partial charge in [-0.25, -0.2) is 8.42 Å². The Labute approximate surface area is 247 Å². The number of halogens is 7. The van der Waals surface area contributed by atoms with Gasteiger partial charge in [0, 0.05) is 31.2 Å². The van der Waals surface area contributed by atoms with E-state index in [1.165, 1.54) is 24.3 Å². The first-order valence-corrected chi connectivity index (χ1v) is 14.9. The zero-order valence-electron chi connectivity index (χ0n) is 22.6. The number of carbonyl (C=O) groups is 2. The molecule has 2 aliphatic rings. The first kappa shape index (κ1) is 32.6. The molecule has 1 aliphatic carbocycles. The number of hydrogen-bond donors (Lipinski definition) is 2. The van der Waals surface area contributed by atoms with Crippen molar-refractivity contribution in [1.29, 1.82) is 0 Å². The molecule has 0 radical (unpaired) electrons. The van der Waals surface area contributed by atoms with Crippen LogP contribution in [-0.2, 0) is 25.8 Å². The highest BCUT2D eigenvalue weighted by molar-refractivity contribution is 7.90. The molecule has 232 valence electrons. The third kappa shape index (κ3) is 5.67. The summed E-state index contributed by atoms with van der Waals surface area (Å²) in [7, 11) is -3.72. The largest absolute Gasteiger partial charge is 0.429 e. The molecule has 43 heavy (non-hydrogen) atoms. The second-order valence-electron chi connectivity index (χ2n) is 10.4. The molecule has 15 heteroatoms. The Balaban J connectivity index is 1.89. The molecule has 0 bridgehead atoms. The topological polar surface area (TPSA) is 104 Å². The zero-order chi connectivity index (χ0) is 32.2. The number of carbonyl (C=O) groups excluding carboxylic acids is 2. The summed E-state index contributed by atoms with van der Waals surface area (Å²) < 4.78 is 110. The Hall–Kier alpha value is -3.36. The molecule has 2 N–H and O–H groups in total. The summed E-state index contributed by atoms with van der Waals surface area (Å²) in [5.74, 6) is -2.20. The second-order valence-corrected chi connectivity index (χ2v) is 12.8.